The van der Waals surface area contributed by atoms with Crippen molar-refractivity contribution in [1.82, 2.24) is 15.2 Å². The van der Waals surface area contributed by atoms with Gasteiger partial charge in [-0.2, -0.15) is 0 Å². The maximum absolute atomic E-state index is 12.9. The van der Waals surface area contributed by atoms with Crippen molar-refractivity contribution in [2.24, 2.45) is 0 Å². The normalized spacial score (nSPS) is 15.0. The van der Waals surface area contributed by atoms with Crippen LogP contribution in [0.4, 0.5) is 10.2 Å². The van der Waals surface area contributed by atoms with Crippen LogP contribution in [0.1, 0.15) is 23.2 Å². The molecule has 0 unspecified atom stereocenters. The van der Waals surface area contributed by atoms with E-state index in [1.54, 1.807) is 0 Å². The Morgan fingerprint density at radius 3 is 2.50 bits per heavy atom. The van der Waals surface area contributed by atoms with E-state index in [1.807, 2.05) is 18.3 Å². The van der Waals surface area contributed by atoms with Gasteiger partial charge in [0.15, 0.2) is 0 Å². The van der Waals surface area contributed by atoms with Crippen molar-refractivity contribution < 1.29 is 9.18 Å². The number of nitrogens with one attached hydrogen (secondary N) is 1. The van der Waals surface area contributed by atoms with Crippen molar-refractivity contribution in [3.63, 3.8) is 0 Å². The standard InChI is InChI=1S/C20H25FN4O/c21-18-8-6-17(7-9-18)20(26)23-11-3-4-12-24-13-15-25(16-14-24)19-5-1-2-10-22-19/h1-2,5-10H,3-4,11-16H2,(H,23,26). The molecule has 2 heterocycles. The zero-order valence-electron chi connectivity index (χ0n) is 14.9. The highest BCUT2D eigenvalue weighted by atomic mass is 19.1. The number of piperazine rings is 1. The number of hydrogen-bond donors (Lipinski definition) is 1. The van der Waals surface area contributed by atoms with Gasteiger partial charge in [0, 0.05) is 44.5 Å². The Hall–Kier alpha value is -2.47. The molecule has 1 aromatic heterocycles. The predicted molar refractivity (Wildman–Crippen MR) is 101 cm³/mol. The zero-order valence-corrected chi connectivity index (χ0v) is 14.9. The first-order valence-electron chi connectivity index (χ1n) is 9.14. The van der Waals surface area contributed by atoms with Crippen LogP contribution in [0.3, 0.4) is 0 Å². The van der Waals surface area contributed by atoms with Crippen LogP contribution in [0.15, 0.2) is 48.7 Å². The molecule has 2 aromatic rings. The van der Waals surface area contributed by atoms with Crippen LogP contribution >= 0.6 is 0 Å². The summed E-state index contributed by atoms with van der Waals surface area (Å²) in [6.45, 7) is 5.76. The van der Waals surface area contributed by atoms with Gasteiger partial charge in [0.05, 0.1) is 0 Å². The summed E-state index contributed by atoms with van der Waals surface area (Å²) in [7, 11) is 0. The number of benzene rings is 1. The fraction of sp³-hybridized carbons (Fsp3) is 0.400. The van der Waals surface area contributed by atoms with Crippen LogP contribution in [0.5, 0.6) is 0 Å². The van der Waals surface area contributed by atoms with Gasteiger partial charge in [-0.1, -0.05) is 6.07 Å². The topological polar surface area (TPSA) is 48.5 Å². The highest BCUT2D eigenvalue weighted by Crippen LogP contribution is 2.12. The number of unbranched alkanes of at least 4 members (excludes halogenated alkanes) is 1. The molecule has 1 saturated heterocycles. The maximum atomic E-state index is 12.9. The van der Waals surface area contributed by atoms with Crippen LogP contribution in [-0.4, -0.2) is 55.1 Å². The number of carbonyl (C=O) groups excluding carboxylic acids is 1. The Balaban J connectivity index is 1.29. The number of rotatable bonds is 7. The molecule has 26 heavy (non-hydrogen) atoms. The van der Waals surface area contributed by atoms with E-state index in [0.717, 1.165) is 51.4 Å². The lowest BCUT2D eigenvalue weighted by molar-refractivity contribution is 0.0952. The summed E-state index contributed by atoms with van der Waals surface area (Å²) in [5.74, 6) is 0.578. The van der Waals surface area contributed by atoms with E-state index in [9.17, 15) is 9.18 Å². The minimum atomic E-state index is -0.329. The first kappa shape index (κ1) is 18.3. The van der Waals surface area contributed by atoms with E-state index < -0.39 is 0 Å². The molecule has 138 valence electrons. The number of hydrogen-bond acceptors (Lipinski definition) is 4. The van der Waals surface area contributed by atoms with Gasteiger partial charge >= 0.3 is 0 Å². The van der Waals surface area contributed by atoms with Gasteiger partial charge in [-0.25, -0.2) is 9.37 Å². The number of carbonyl (C=O) groups is 1. The minimum absolute atomic E-state index is 0.144. The summed E-state index contributed by atoms with van der Waals surface area (Å²) in [5.41, 5.74) is 0.497. The molecular weight excluding hydrogens is 331 g/mol. The molecule has 1 amide bonds. The van der Waals surface area contributed by atoms with Crippen molar-refractivity contribution in [2.75, 3.05) is 44.2 Å². The van der Waals surface area contributed by atoms with Crippen molar-refractivity contribution >= 4 is 11.7 Å². The average Bonchev–Trinajstić information content (AvgIpc) is 2.69. The lowest BCUT2D eigenvalue weighted by Crippen LogP contribution is -2.47. The van der Waals surface area contributed by atoms with Crippen molar-refractivity contribution in [2.45, 2.75) is 12.8 Å². The van der Waals surface area contributed by atoms with Crippen molar-refractivity contribution in [1.29, 1.82) is 0 Å². The largest absolute Gasteiger partial charge is 0.354 e. The summed E-state index contributed by atoms with van der Waals surface area (Å²) in [4.78, 5) is 21.1. The molecule has 1 aliphatic rings. The van der Waals surface area contributed by atoms with Gasteiger partial charge in [-0.05, 0) is 55.8 Å². The SMILES string of the molecule is O=C(NCCCCN1CCN(c2ccccn2)CC1)c1ccc(F)cc1. The summed E-state index contributed by atoms with van der Waals surface area (Å²) in [5, 5.41) is 2.89. The summed E-state index contributed by atoms with van der Waals surface area (Å²) >= 11 is 0. The number of nitrogens with zero attached hydrogens (tertiary/aromatic N) is 3. The molecule has 5 nitrogen and oxygen atoms in total. The molecule has 1 aromatic carbocycles. The van der Waals surface area contributed by atoms with Crippen LogP contribution in [0.2, 0.25) is 0 Å². The second-order valence-corrected chi connectivity index (χ2v) is 6.49. The molecule has 0 radical (unpaired) electrons. The number of halogens is 1. The van der Waals surface area contributed by atoms with Crippen LogP contribution in [-0.2, 0) is 0 Å². The monoisotopic (exact) mass is 356 g/mol. The van der Waals surface area contributed by atoms with E-state index in [4.69, 9.17) is 0 Å². The Morgan fingerprint density at radius 1 is 1.04 bits per heavy atom. The molecule has 1 N–H and O–H groups in total. The van der Waals surface area contributed by atoms with Gasteiger partial charge in [0.25, 0.3) is 5.91 Å². The molecule has 0 bridgehead atoms. The first-order chi connectivity index (χ1) is 12.7. The molecular formula is C20H25FN4O. The highest BCUT2D eigenvalue weighted by molar-refractivity contribution is 5.94. The Morgan fingerprint density at radius 2 is 1.81 bits per heavy atom. The lowest BCUT2D eigenvalue weighted by Gasteiger charge is -2.35. The van der Waals surface area contributed by atoms with Crippen LogP contribution in [0.25, 0.3) is 0 Å². The second-order valence-electron chi connectivity index (χ2n) is 6.49. The zero-order chi connectivity index (χ0) is 18.2. The molecule has 0 spiro atoms. The number of pyridine rings is 1. The Kier molecular flexibility index (Phi) is 6.55. The fourth-order valence-electron chi connectivity index (χ4n) is 3.11. The van der Waals surface area contributed by atoms with E-state index in [2.05, 4.69) is 26.2 Å². The number of anilines is 1. The second kappa shape index (κ2) is 9.29. The van der Waals surface area contributed by atoms with E-state index in [0.29, 0.717) is 12.1 Å². The van der Waals surface area contributed by atoms with Gasteiger partial charge in [-0.3, -0.25) is 9.69 Å². The van der Waals surface area contributed by atoms with E-state index in [-0.39, 0.29) is 11.7 Å². The molecule has 6 heteroatoms. The Labute approximate surface area is 153 Å². The lowest BCUT2D eigenvalue weighted by atomic mass is 10.2. The third-order valence-corrected chi connectivity index (χ3v) is 4.64. The summed E-state index contributed by atoms with van der Waals surface area (Å²) < 4.78 is 12.9. The quantitative estimate of drug-likeness (QED) is 0.775. The van der Waals surface area contributed by atoms with Crippen molar-refractivity contribution in [3.05, 3.63) is 60.0 Å². The smallest absolute Gasteiger partial charge is 0.251 e. The third kappa shape index (κ3) is 5.26. The molecule has 0 atom stereocenters. The van der Waals surface area contributed by atoms with E-state index >= 15 is 0 Å². The summed E-state index contributed by atoms with van der Waals surface area (Å²) in [6, 6.07) is 11.6. The van der Waals surface area contributed by atoms with Gasteiger partial charge in [0.1, 0.15) is 11.6 Å². The average molecular weight is 356 g/mol. The third-order valence-electron chi connectivity index (χ3n) is 4.64. The van der Waals surface area contributed by atoms with Crippen LogP contribution in [0, 0.1) is 5.82 Å². The number of aromatic nitrogens is 1. The molecule has 0 saturated carbocycles. The van der Waals surface area contributed by atoms with Crippen molar-refractivity contribution in [3.8, 4) is 0 Å². The first-order valence-corrected chi connectivity index (χ1v) is 9.14. The minimum Gasteiger partial charge on any atom is -0.354 e. The molecule has 1 fully saturated rings. The van der Waals surface area contributed by atoms with Crippen LogP contribution < -0.4 is 10.2 Å². The number of amides is 1. The van der Waals surface area contributed by atoms with Gasteiger partial charge < -0.3 is 10.2 Å². The Bertz CT molecular complexity index is 685. The predicted octanol–water partition coefficient (Wildman–Crippen LogP) is 2.55. The highest BCUT2D eigenvalue weighted by Gasteiger charge is 2.17. The molecule has 0 aliphatic carbocycles. The maximum Gasteiger partial charge on any atom is 0.251 e. The molecule has 3 rings (SSSR count). The fourth-order valence-corrected chi connectivity index (χ4v) is 3.11. The van der Waals surface area contributed by atoms with E-state index in [1.165, 1.54) is 24.3 Å². The molecule has 1 aliphatic heterocycles. The summed E-state index contributed by atoms with van der Waals surface area (Å²) in [6.07, 6.45) is 3.82. The van der Waals surface area contributed by atoms with Gasteiger partial charge in [0.2, 0.25) is 0 Å². The van der Waals surface area contributed by atoms with Gasteiger partial charge in [-0.15, -0.1) is 0 Å².